The fourth-order valence-corrected chi connectivity index (χ4v) is 10.5. The van der Waals surface area contributed by atoms with Crippen LogP contribution in [0.2, 0.25) is 0 Å². The molecule has 1 aromatic heterocycles. The number of hydrogen-bond acceptors (Lipinski definition) is 11. The smallest absolute Gasteiger partial charge is 0.320 e. The molecule has 2 aromatic carbocycles. The number of piperidine rings is 2. The van der Waals surface area contributed by atoms with Crippen LogP contribution in [0.25, 0.3) is 11.3 Å². The van der Waals surface area contributed by atoms with Crippen LogP contribution in [0.1, 0.15) is 68.8 Å². The Kier molecular flexibility index (Phi) is 10.1. The first-order valence-corrected chi connectivity index (χ1v) is 21.1. The second-order valence-corrected chi connectivity index (χ2v) is 17.4. The molecule has 0 unspecified atom stereocenters. The molecular formula is C43H53FN10O5. The standard InChI is InChI=1S/C43H53FN10O5/c1-4-43-24-45-39-36(19-34(47-48-39)31-6-5-7-33(44)38(31)56)53(43)17-16-51(25-43)42(59)54-26(2)20-49(21-27(54)3)22-28-12-14-50(15-13-28)30-9-8-29-23-52(41(58)32(29)18-30)35-10-11-37(55)46-40(35)57/h5-9,18-19,26-28,35,56H,4,10-17,20-25H2,1-3H3,(H,45,48)(H,46,55,57)/t26-,27+,35-,43-/m0/s1. The number of carbonyl (C=O) groups excluding carboxylic acids is 4. The highest BCUT2D eigenvalue weighted by atomic mass is 19.1. The van der Waals surface area contributed by atoms with Crippen LogP contribution in [0, 0.1) is 11.7 Å². The summed E-state index contributed by atoms with van der Waals surface area (Å²) in [5.41, 5.74) is 3.71. The number of imide groups is 1. The molecule has 0 aliphatic carbocycles. The lowest BCUT2D eigenvalue weighted by atomic mass is 9.87. The fourth-order valence-electron chi connectivity index (χ4n) is 10.5. The van der Waals surface area contributed by atoms with E-state index in [1.54, 1.807) is 17.0 Å². The van der Waals surface area contributed by atoms with Crippen molar-refractivity contribution < 1.29 is 28.7 Å². The Morgan fingerprint density at radius 1 is 0.966 bits per heavy atom. The zero-order valence-electron chi connectivity index (χ0n) is 34.0. The first-order valence-electron chi connectivity index (χ1n) is 21.1. The van der Waals surface area contributed by atoms with Crippen molar-refractivity contribution in [3.8, 4) is 17.0 Å². The summed E-state index contributed by atoms with van der Waals surface area (Å²) >= 11 is 0. The van der Waals surface area contributed by atoms with Crippen molar-refractivity contribution in [1.29, 1.82) is 0 Å². The van der Waals surface area contributed by atoms with Crippen LogP contribution in [0.15, 0.2) is 42.5 Å². The van der Waals surface area contributed by atoms with E-state index in [4.69, 9.17) is 0 Å². The zero-order chi connectivity index (χ0) is 41.2. The van der Waals surface area contributed by atoms with E-state index in [1.165, 1.54) is 6.07 Å². The second kappa shape index (κ2) is 15.3. The van der Waals surface area contributed by atoms with Gasteiger partial charge in [-0.1, -0.05) is 19.1 Å². The molecule has 312 valence electrons. The van der Waals surface area contributed by atoms with Gasteiger partial charge in [0.15, 0.2) is 17.4 Å². The van der Waals surface area contributed by atoms with Crippen molar-refractivity contribution in [2.24, 2.45) is 5.92 Å². The normalized spacial score (nSPS) is 26.3. The number of para-hydroxylation sites is 1. The van der Waals surface area contributed by atoms with Gasteiger partial charge in [-0.3, -0.25) is 24.6 Å². The summed E-state index contributed by atoms with van der Waals surface area (Å²) in [5, 5.41) is 24.9. The van der Waals surface area contributed by atoms with E-state index in [1.807, 2.05) is 23.1 Å². The van der Waals surface area contributed by atoms with Gasteiger partial charge in [-0.2, -0.15) is 0 Å². The lowest BCUT2D eigenvalue weighted by molar-refractivity contribution is -0.136. The number of phenols is 1. The quantitative estimate of drug-likeness (QED) is 0.311. The van der Waals surface area contributed by atoms with Gasteiger partial charge >= 0.3 is 6.03 Å². The molecule has 6 aliphatic heterocycles. The molecule has 16 heteroatoms. The maximum Gasteiger partial charge on any atom is 0.320 e. The molecule has 4 fully saturated rings. The third-order valence-corrected chi connectivity index (χ3v) is 13.7. The predicted molar refractivity (Wildman–Crippen MR) is 220 cm³/mol. The van der Waals surface area contributed by atoms with Crippen LogP contribution < -0.4 is 20.4 Å². The van der Waals surface area contributed by atoms with Gasteiger partial charge < -0.3 is 34.9 Å². The number of urea groups is 1. The number of halogens is 1. The van der Waals surface area contributed by atoms with Crippen molar-refractivity contribution in [2.45, 2.75) is 83.1 Å². The summed E-state index contributed by atoms with van der Waals surface area (Å²) in [4.78, 5) is 64.9. The van der Waals surface area contributed by atoms with Crippen LogP contribution in [0.3, 0.4) is 0 Å². The number of nitrogens with one attached hydrogen (secondary N) is 2. The Morgan fingerprint density at radius 3 is 2.49 bits per heavy atom. The number of benzene rings is 2. The molecule has 7 heterocycles. The van der Waals surface area contributed by atoms with Gasteiger partial charge in [0.1, 0.15) is 6.04 Å². The summed E-state index contributed by atoms with van der Waals surface area (Å²) in [6.07, 6.45) is 3.45. The lowest BCUT2D eigenvalue weighted by Crippen LogP contribution is -2.70. The highest BCUT2D eigenvalue weighted by Gasteiger charge is 2.48. The van der Waals surface area contributed by atoms with E-state index in [9.17, 15) is 28.7 Å². The lowest BCUT2D eigenvalue weighted by Gasteiger charge is -2.55. The third kappa shape index (κ3) is 6.98. The van der Waals surface area contributed by atoms with Crippen molar-refractivity contribution >= 4 is 40.9 Å². The van der Waals surface area contributed by atoms with Gasteiger partial charge in [0.2, 0.25) is 11.8 Å². The van der Waals surface area contributed by atoms with E-state index < -0.39 is 23.5 Å². The number of anilines is 3. The first kappa shape index (κ1) is 39.0. The monoisotopic (exact) mass is 808 g/mol. The van der Waals surface area contributed by atoms with Gasteiger partial charge in [0.25, 0.3) is 5.91 Å². The fraction of sp³-hybridized carbons (Fsp3) is 0.535. The number of aromatic hydroxyl groups is 1. The molecule has 15 nitrogen and oxygen atoms in total. The van der Waals surface area contributed by atoms with E-state index in [2.05, 4.69) is 67.3 Å². The molecule has 0 bridgehead atoms. The second-order valence-electron chi connectivity index (χ2n) is 17.4. The molecule has 4 saturated heterocycles. The van der Waals surface area contributed by atoms with Crippen LogP contribution in [-0.2, 0) is 16.1 Å². The molecule has 3 N–H and O–H groups in total. The van der Waals surface area contributed by atoms with E-state index in [0.29, 0.717) is 62.1 Å². The number of rotatable bonds is 6. The highest BCUT2D eigenvalue weighted by molar-refractivity contribution is 6.05. The minimum atomic E-state index is -0.712. The highest BCUT2D eigenvalue weighted by Crippen LogP contribution is 2.42. The number of carbonyl (C=O) groups is 4. The average Bonchev–Trinajstić information content (AvgIpc) is 3.56. The third-order valence-electron chi connectivity index (χ3n) is 13.7. The van der Waals surface area contributed by atoms with Gasteiger partial charge in [-0.15, -0.1) is 10.2 Å². The Morgan fingerprint density at radius 2 is 1.75 bits per heavy atom. The van der Waals surface area contributed by atoms with Crippen molar-refractivity contribution in [3.05, 3.63) is 59.4 Å². The number of fused-ring (bicyclic) bond motifs is 4. The molecule has 9 rings (SSSR count). The Hall–Kier alpha value is -5.51. The number of aromatic nitrogens is 2. The Balaban J connectivity index is 0.792. The minimum absolute atomic E-state index is 0.0487. The largest absolute Gasteiger partial charge is 0.504 e. The maximum atomic E-state index is 14.4. The molecule has 0 radical (unpaired) electrons. The molecule has 3 aromatic rings. The van der Waals surface area contributed by atoms with Gasteiger partial charge in [-0.05, 0) is 81.3 Å². The number of hydrogen-bond donors (Lipinski definition) is 3. The predicted octanol–water partition coefficient (Wildman–Crippen LogP) is 3.88. The maximum absolute atomic E-state index is 14.4. The van der Waals surface area contributed by atoms with E-state index in [0.717, 1.165) is 68.9 Å². The van der Waals surface area contributed by atoms with Crippen molar-refractivity contribution in [2.75, 3.05) is 74.0 Å². The molecule has 5 amide bonds. The van der Waals surface area contributed by atoms with Gasteiger partial charge in [-0.25, -0.2) is 9.18 Å². The summed E-state index contributed by atoms with van der Waals surface area (Å²) in [6.45, 7) is 13.5. The van der Waals surface area contributed by atoms with Crippen LogP contribution in [0.4, 0.5) is 26.4 Å². The molecule has 6 aliphatic rings. The number of phenolic OH excluding ortho intramolecular Hbond substituents is 1. The molecule has 0 spiro atoms. The van der Waals surface area contributed by atoms with Crippen molar-refractivity contribution in [1.82, 2.24) is 35.1 Å². The molecule has 0 saturated carbocycles. The summed E-state index contributed by atoms with van der Waals surface area (Å²) in [7, 11) is 0. The molecular weight excluding hydrogens is 756 g/mol. The Labute approximate surface area is 343 Å². The van der Waals surface area contributed by atoms with Crippen LogP contribution in [0.5, 0.6) is 5.75 Å². The minimum Gasteiger partial charge on any atom is -0.504 e. The number of piperazine rings is 2. The Bertz CT molecular complexity index is 2170. The summed E-state index contributed by atoms with van der Waals surface area (Å²) in [5.74, 6) is -0.828. The molecule has 59 heavy (non-hydrogen) atoms. The van der Waals surface area contributed by atoms with E-state index >= 15 is 0 Å². The number of nitrogens with zero attached hydrogens (tertiary/aromatic N) is 8. The summed E-state index contributed by atoms with van der Waals surface area (Å²) < 4.78 is 14.2. The summed E-state index contributed by atoms with van der Waals surface area (Å²) in [6, 6.07) is 11.8. The van der Waals surface area contributed by atoms with Gasteiger partial charge in [0.05, 0.1) is 16.9 Å². The van der Waals surface area contributed by atoms with Crippen molar-refractivity contribution in [3.63, 3.8) is 0 Å². The zero-order valence-corrected chi connectivity index (χ0v) is 34.0. The van der Waals surface area contributed by atoms with E-state index in [-0.39, 0.29) is 47.5 Å². The molecule has 4 atom stereocenters. The first-order chi connectivity index (χ1) is 28.4. The van der Waals surface area contributed by atoms with Gasteiger partial charge in [0, 0.05) is 101 Å². The average molecular weight is 809 g/mol. The topological polar surface area (TPSA) is 158 Å². The SMILES string of the molecule is CC[C@@]12CNc3nnc(-c4cccc(F)c4O)cc3N1CCN(C(=O)N1[C@H](C)CN(CC3CCN(c4ccc5c(c4)C(=O)N([C@H]4CCC(=O)NC4=O)C5)CC3)C[C@@H]1C)C2. The van der Waals surface area contributed by atoms with Crippen LogP contribution >= 0.6 is 0 Å². The number of amides is 5. The van der Waals surface area contributed by atoms with Crippen LogP contribution in [-0.4, -0.2) is 141 Å².